The number of amides is 1. The van der Waals surface area contributed by atoms with Crippen molar-refractivity contribution in [3.8, 4) is 0 Å². The van der Waals surface area contributed by atoms with Crippen LogP contribution in [0.5, 0.6) is 0 Å². The van der Waals surface area contributed by atoms with Gasteiger partial charge in [0.1, 0.15) is 0 Å². The molecule has 0 radical (unpaired) electrons. The minimum absolute atomic E-state index is 0.0701. The lowest BCUT2D eigenvalue weighted by molar-refractivity contribution is -0.122. The van der Waals surface area contributed by atoms with E-state index in [1.807, 2.05) is 67.6 Å². The molecule has 31 heavy (non-hydrogen) atoms. The molecule has 0 saturated carbocycles. The summed E-state index contributed by atoms with van der Waals surface area (Å²) in [6, 6.07) is 26.0. The maximum Gasteiger partial charge on any atom is 0.251 e. The van der Waals surface area contributed by atoms with Gasteiger partial charge in [-0.15, -0.1) is 0 Å². The quantitative estimate of drug-likeness (QED) is 0.523. The van der Waals surface area contributed by atoms with Crippen molar-refractivity contribution in [3.05, 3.63) is 107 Å². The maximum atomic E-state index is 13.2. The molecule has 0 aliphatic carbocycles. The monoisotopic (exact) mass is 415 g/mol. The topological polar surface area (TPSA) is 66.4 Å². The van der Waals surface area contributed by atoms with Crippen LogP contribution in [0.3, 0.4) is 0 Å². The number of ketones is 1. The summed E-state index contributed by atoms with van der Waals surface area (Å²) in [5.41, 5.74) is 3.76. The van der Waals surface area contributed by atoms with Crippen LogP contribution in [-0.2, 0) is 17.6 Å². The van der Waals surface area contributed by atoms with Gasteiger partial charge in [0.15, 0.2) is 5.78 Å². The van der Waals surface area contributed by atoms with Crippen LogP contribution < -0.4 is 5.32 Å². The fourth-order valence-corrected chi connectivity index (χ4v) is 3.61. The Hall–Kier alpha value is -3.24. The Labute approximate surface area is 183 Å². The van der Waals surface area contributed by atoms with Gasteiger partial charge in [0.05, 0.1) is 6.04 Å². The summed E-state index contributed by atoms with van der Waals surface area (Å²) in [5.74, 6) is -0.532. The number of Topliss-reactive ketones (excluding diaryl/α,β-unsaturated/α-hetero) is 1. The molecule has 0 fully saturated rings. The third-order valence-corrected chi connectivity index (χ3v) is 5.41. The van der Waals surface area contributed by atoms with Crippen molar-refractivity contribution in [2.45, 2.75) is 32.2 Å². The van der Waals surface area contributed by atoms with Crippen LogP contribution in [0.4, 0.5) is 0 Å². The fraction of sp³-hybridized carbons (Fsp3) is 0.259. The summed E-state index contributed by atoms with van der Waals surface area (Å²) < 4.78 is 0. The van der Waals surface area contributed by atoms with E-state index in [0.717, 1.165) is 11.1 Å². The van der Waals surface area contributed by atoms with E-state index in [-0.39, 0.29) is 30.6 Å². The zero-order valence-corrected chi connectivity index (χ0v) is 17.8. The Balaban J connectivity index is 1.72. The van der Waals surface area contributed by atoms with Crippen molar-refractivity contribution in [2.24, 2.45) is 5.92 Å². The normalized spacial score (nSPS) is 12.7. The predicted octanol–water partition coefficient (Wildman–Crippen LogP) is 4.15. The number of aryl methyl sites for hydroxylation is 1. The summed E-state index contributed by atoms with van der Waals surface area (Å²) in [7, 11) is 0. The molecule has 0 aromatic heterocycles. The van der Waals surface area contributed by atoms with Crippen LogP contribution in [0, 0.1) is 12.8 Å². The van der Waals surface area contributed by atoms with Crippen molar-refractivity contribution in [1.82, 2.24) is 5.32 Å². The fourth-order valence-electron chi connectivity index (χ4n) is 3.61. The molecule has 0 heterocycles. The number of hydrogen-bond donors (Lipinski definition) is 2. The van der Waals surface area contributed by atoms with Gasteiger partial charge in [-0.25, -0.2) is 0 Å². The lowest BCUT2D eigenvalue weighted by Gasteiger charge is -2.21. The molecule has 0 unspecified atom stereocenters. The van der Waals surface area contributed by atoms with Gasteiger partial charge in [-0.2, -0.15) is 0 Å². The first-order chi connectivity index (χ1) is 15.0. The highest BCUT2D eigenvalue weighted by Crippen LogP contribution is 2.16. The Morgan fingerprint density at radius 1 is 0.806 bits per heavy atom. The molecular weight excluding hydrogens is 386 g/mol. The molecule has 0 spiro atoms. The zero-order valence-electron chi connectivity index (χ0n) is 17.8. The second-order valence-electron chi connectivity index (χ2n) is 7.99. The number of aliphatic hydroxyl groups excluding tert-OH is 1. The summed E-state index contributed by atoms with van der Waals surface area (Å²) in [4.78, 5) is 25.9. The van der Waals surface area contributed by atoms with Gasteiger partial charge in [0, 0.05) is 18.6 Å². The largest absolute Gasteiger partial charge is 0.396 e. The van der Waals surface area contributed by atoms with Gasteiger partial charge < -0.3 is 10.4 Å². The molecular formula is C27H29NO3. The first kappa shape index (κ1) is 22.4. The van der Waals surface area contributed by atoms with E-state index in [2.05, 4.69) is 5.32 Å². The molecule has 0 bridgehead atoms. The number of hydrogen-bond acceptors (Lipinski definition) is 3. The molecule has 3 rings (SSSR count). The summed E-state index contributed by atoms with van der Waals surface area (Å²) in [6.07, 6.45) is 1.24. The van der Waals surface area contributed by atoms with E-state index in [1.54, 1.807) is 24.3 Å². The van der Waals surface area contributed by atoms with Crippen molar-refractivity contribution < 1.29 is 14.7 Å². The second kappa shape index (κ2) is 11.2. The van der Waals surface area contributed by atoms with E-state index in [9.17, 15) is 14.7 Å². The molecule has 3 aromatic rings. The first-order valence-corrected chi connectivity index (χ1v) is 10.6. The van der Waals surface area contributed by atoms with Crippen molar-refractivity contribution >= 4 is 11.7 Å². The number of carbonyl (C=O) groups is 2. The summed E-state index contributed by atoms with van der Waals surface area (Å²) in [6.45, 7) is 1.95. The molecule has 4 nitrogen and oxygen atoms in total. The maximum absolute atomic E-state index is 13.2. The smallest absolute Gasteiger partial charge is 0.251 e. The van der Waals surface area contributed by atoms with E-state index in [1.165, 1.54) is 5.56 Å². The van der Waals surface area contributed by atoms with Gasteiger partial charge in [-0.05, 0) is 48.9 Å². The number of benzene rings is 3. The van der Waals surface area contributed by atoms with Crippen LogP contribution in [0.2, 0.25) is 0 Å². The first-order valence-electron chi connectivity index (χ1n) is 10.6. The lowest BCUT2D eigenvalue weighted by atomic mass is 9.90. The van der Waals surface area contributed by atoms with Crippen molar-refractivity contribution in [2.75, 3.05) is 6.61 Å². The van der Waals surface area contributed by atoms with Gasteiger partial charge in [-0.3, -0.25) is 9.59 Å². The van der Waals surface area contributed by atoms with Gasteiger partial charge >= 0.3 is 0 Å². The molecule has 0 aliphatic rings. The molecule has 0 aliphatic heterocycles. The van der Waals surface area contributed by atoms with E-state index < -0.39 is 6.04 Å². The van der Waals surface area contributed by atoms with Crippen LogP contribution in [0.15, 0.2) is 84.9 Å². The van der Waals surface area contributed by atoms with E-state index in [0.29, 0.717) is 18.4 Å². The minimum atomic E-state index is -0.651. The molecule has 0 saturated heterocycles. The number of aliphatic hydroxyl groups is 1. The van der Waals surface area contributed by atoms with Gasteiger partial charge in [0.25, 0.3) is 5.91 Å². The number of nitrogens with one attached hydrogen (secondary N) is 1. The summed E-state index contributed by atoms with van der Waals surface area (Å²) >= 11 is 0. The average Bonchev–Trinajstić information content (AvgIpc) is 2.80. The molecule has 1 amide bonds. The average molecular weight is 416 g/mol. The molecule has 3 aromatic carbocycles. The van der Waals surface area contributed by atoms with Crippen LogP contribution in [-0.4, -0.2) is 29.4 Å². The van der Waals surface area contributed by atoms with Gasteiger partial charge in [0.2, 0.25) is 0 Å². The Bertz CT molecular complexity index is 968. The number of rotatable bonds is 10. The Morgan fingerprint density at radius 3 is 2.00 bits per heavy atom. The minimum Gasteiger partial charge on any atom is -0.396 e. The lowest BCUT2D eigenvalue weighted by Crippen LogP contribution is -2.43. The van der Waals surface area contributed by atoms with E-state index in [4.69, 9.17) is 0 Å². The third-order valence-electron chi connectivity index (χ3n) is 5.41. The molecule has 2 N–H and O–H groups in total. The standard InChI is InChI=1S/C27H29NO3/c1-20-12-14-22(15-13-20)16-23(19-29)18-26(30)25(17-21-8-4-2-5-9-21)28-27(31)24-10-6-3-7-11-24/h2-15,23,25,29H,16-19H2,1H3,(H,28,31)/t23-,25+/m1/s1. The SMILES string of the molecule is Cc1ccc(C[C@@H](CO)CC(=O)[C@H](Cc2ccccc2)NC(=O)c2ccccc2)cc1. The Kier molecular flexibility index (Phi) is 8.13. The van der Waals surface area contributed by atoms with Crippen LogP contribution in [0.1, 0.15) is 33.5 Å². The molecule has 2 atom stereocenters. The van der Waals surface area contributed by atoms with E-state index >= 15 is 0 Å². The molecule has 4 heteroatoms. The zero-order chi connectivity index (χ0) is 22.1. The predicted molar refractivity (Wildman–Crippen MR) is 123 cm³/mol. The number of carbonyl (C=O) groups excluding carboxylic acids is 2. The highest BCUT2D eigenvalue weighted by atomic mass is 16.3. The highest BCUT2D eigenvalue weighted by molar-refractivity contribution is 5.98. The van der Waals surface area contributed by atoms with Gasteiger partial charge in [-0.1, -0.05) is 78.4 Å². The molecule has 160 valence electrons. The highest BCUT2D eigenvalue weighted by Gasteiger charge is 2.24. The second-order valence-corrected chi connectivity index (χ2v) is 7.99. The van der Waals surface area contributed by atoms with Crippen molar-refractivity contribution in [3.63, 3.8) is 0 Å². The third kappa shape index (κ3) is 6.90. The summed E-state index contributed by atoms with van der Waals surface area (Å²) in [5, 5.41) is 12.8. The Morgan fingerprint density at radius 2 is 1.39 bits per heavy atom. The van der Waals surface area contributed by atoms with Crippen LogP contribution in [0.25, 0.3) is 0 Å². The van der Waals surface area contributed by atoms with Crippen molar-refractivity contribution in [1.29, 1.82) is 0 Å². The van der Waals surface area contributed by atoms with Crippen LogP contribution >= 0.6 is 0 Å².